The molecule has 9 N–H and O–H groups in total. The number of carbonyl (C=O) groups is 7. The van der Waals surface area contributed by atoms with Crippen molar-refractivity contribution in [3.63, 3.8) is 0 Å². The van der Waals surface area contributed by atoms with Crippen LogP contribution in [0.2, 0.25) is 0 Å². The zero-order valence-electron chi connectivity index (χ0n) is 33.5. The van der Waals surface area contributed by atoms with Crippen LogP contribution in [0.3, 0.4) is 0 Å². The van der Waals surface area contributed by atoms with Crippen LogP contribution in [0.5, 0.6) is 0 Å². The van der Waals surface area contributed by atoms with Crippen LogP contribution in [0, 0.1) is 5.92 Å². The van der Waals surface area contributed by atoms with E-state index in [1.807, 2.05) is 62.4 Å². The molecule has 16 heteroatoms. The molecule has 0 heterocycles. The lowest BCUT2D eigenvalue weighted by atomic mass is 9.98. The average molecular weight is 814 g/mol. The van der Waals surface area contributed by atoms with E-state index >= 15 is 0 Å². The van der Waals surface area contributed by atoms with E-state index in [1.54, 1.807) is 30.3 Å². The van der Waals surface area contributed by atoms with Gasteiger partial charge < -0.3 is 47.5 Å². The van der Waals surface area contributed by atoms with E-state index in [9.17, 15) is 38.7 Å². The van der Waals surface area contributed by atoms with Gasteiger partial charge in [0.1, 0.15) is 24.7 Å². The third-order valence-electron chi connectivity index (χ3n) is 9.69. The van der Waals surface area contributed by atoms with Gasteiger partial charge in [-0.15, -0.1) is 0 Å². The number of fused-ring (bicyclic) bond motifs is 3. The highest BCUT2D eigenvalue weighted by Gasteiger charge is 2.31. The lowest BCUT2D eigenvalue weighted by molar-refractivity contribution is -0.142. The van der Waals surface area contributed by atoms with Crippen molar-refractivity contribution in [2.24, 2.45) is 11.7 Å². The maximum absolute atomic E-state index is 13.6. The first-order valence-electron chi connectivity index (χ1n) is 19.8. The molecule has 4 rings (SSSR count). The van der Waals surface area contributed by atoms with Crippen LogP contribution in [0.4, 0.5) is 4.79 Å². The number of carbonyl (C=O) groups excluding carboxylic acids is 6. The van der Waals surface area contributed by atoms with Gasteiger partial charge in [0.2, 0.25) is 29.5 Å². The lowest BCUT2D eigenvalue weighted by Gasteiger charge is -2.25. The molecule has 0 unspecified atom stereocenters. The van der Waals surface area contributed by atoms with Crippen molar-refractivity contribution in [3.05, 3.63) is 95.6 Å². The Balaban J connectivity index is 1.21. The molecule has 16 nitrogen and oxygen atoms in total. The molecule has 0 saturated heterocycles. The van der Waals surface area contributed by atoms with Gasteiger partial charge in [-0.05, 0) is 66.0 Å². The molecule has 0 aromatic heterocycles. The predicted octanol–water partition coefficient (Wildman–Crippen LogP) is 2.10. The molecule has 3 aromatic carbocycles. The third kappa shape index (κ3) is 14.6. The summed E-state index contributed by atoms with van der Waals surface area (Å²) in [5, 5.41) is 24.9. The van der Waals surface area contributed by atoms with Crippen LogP contribution in [0.1, 0.15) is 68.6 Å². The minimum Gasteiger partial charge on any atom is -0.480 e. The van der Waals surface area contributed by atoms with Crippen LogP contribution < -0.4 is 37.6 Å². The maximum Gasteiger partial charge on any atom is 0.407 e. The van der Waals surface area contributed by atoms with E-state index < -0.39 is 72.8 Å². The fourth-order valence-corrected chi connectivity index (χ4v) is 6.74. The number of amides is 6. The van der Waals surface area contributed by atoms with Gasteiger partial charge in [-0.2, -0.15) is 0 Å². The first kappa shape index (κ1) is 45.4. The Kier molecular flexibility index (Phi) is 17.9. The molecule has 0 radical (unpaired) electrons. The Morgan fingerprint density at radius 2 is 1.25 bits per heavy atom. The minimum absolute atomic E-state index is 0.0357. The molecule has 316 valence electrons. The number of ether oxygens (including phenoxy) is 1. The molecule has 0 aliphatic heterocycles. The Morgan fingerprint density at radius 3 is 1.88 bits per heavy atom. The van der Waals surface area contributed by atoms with Crippen molar-refractivity contribution in [1.29, 1.82) is 0 Å². The molecular formula is C43H55N7O9. The van der Waals surface area contributed by atoms with E-state index in [0.29, 0.717) is 24.9 Å². The van der Waals surface area contributed by atoms with Crippen molar-refractivity contribution in [1.82, 2.24) is 31.9 Å². The number of rotatable bonds is 23. The topological polar surface area (TPSA) is 247 Å². The van der Waals surface area contributed by atoms with Gasteiger partial charge in [0.15, 0.2) is 0 Å². The highest BCUT2D eigenvalue weighted by Crippen LogP contribution is 2.44. The van der Waals surface area contributed by atoms with Crippen molar-refractivity contribution >= 4 is 41.6 Å². The highest BCUT2D eigenvalue weighted by molar-refractivity contribution is 5.94. The number of benzene rings is 3. The number of nitrogens with one attached hydrogen (secondary N) is 6. The molecule has 3 atom stereocenters. The Bertz CT molecular complexity index is 1880. The molecule has 0 spiro atoms. The monoisotopic (exact) mass is 813 g/mol. The summed E-state index contributed by atoms with van der Waals surface area (Å²) in [6, 6.07) is 21.4. The normalized spacial score (nSPS) is 13.2. The maximum atomic E-state index is 13.6. The molecular weight excluding hydrogens is 759 g/mol. The quantitative estimate of drug-likeness (QED) is 0.0648. The standard InChI is InChI=1S/C43H55N7O9/c1-27(2)22-35(40(54)49-34(42(56)57)18-10-11-20-44)50-41(55)36(23-28-12-4-3-5-13-28)48-39(53)25-47-38(52)24-46-37(51)19-21-45-43(58)59-26-33-31-16-8-6-14-29(31)30-15-7-9-17-32(30)33/h3-9,12-17,27,33-36H,10-11,18-26,44H2,1-2H3,(H,45,58)(H,46,51)(H,47,52)(H,48,53)(H,49,54)(H,50,55)(H,56,57)/t34-,35-,36-/m0/s1. The minimum atomic E-state index is -1.20. The fraction of sp³-hybridized carbons (Fsp3) is 0.419. The SMILES string of the molecule is CC(C)C[C@H](NC(=O)[C@H](Cc1ccccc1)NC(=O)CNC(=O)CNC(=O)CCNC(=O)OCC1c2ccccc2-c2ccccc21)C(=O)N[C@@H](CCCCN)C(=O)O. The zero-order chi connectivity index (χ0) is 42.7. The Morgan fingerprint density at radius 1 is 0.678 bits per heavy atom. The van der Waals surface area contributed by atoms with E-state index in [0.717, 1.165) is 22.3 Å². The second-order valence-electron chi connectivity index (χ2n) is 14.7. The third-order valence-corrected chi connectivity index (χ3v) is 9.69. The lowest BCUT2D eigenvalue weighted by Crippen LogP contribution is -2.57. The number of unbranched alkanes of at least 4 members (excludes halogenated alkanes) is 1. The van der Waals surface area contributed by atoms with Crippen LogP contribution in [0.15, 0.2) is 78.9 Å². The first-order valence-corrected chi connectivity index (χ1v) is 19.8. The summed E-state index contributed by atoms with van der Waals surface area (Å²) >= 11 is 0. The fourth-order valence-electron chi connectivity index (χ4n) is 6.74. The van der Waals surface area contributed by atoms with Gasteiger partial charge in [0.25, 0.3) is 0 Å². The summed E-state index contributed by atoms with van der Waals surface area (Å²) in [5.74, 6) is -4.61. The predicted molar refractivity (Wildman–Crippen MR) is 220 cm³/mol. The van der Waals surface area contributed by atoms with Crippen LogP contribution in [-0.4, -0.2) is 97.6 Å². The van der Waals surface area contributed by atoms with Gasteiger partial charge in [0.05, 0.1) is 13.1 Å². The molecule has 0 bridgehead atoms. The van der Waals surface area contributed by atoms with Crippen LogP contribution in [-0.2, 0) is 39.9 Å². The number of hydrogen-bond acceptors (Lipinski definition) is 9. The van der Waals surface area contributed by atoms with E-state index in [-0.39, 0.29) is 50.7 Å². The van der Waals surface area contributed by atoms with Gasteiger partial charge in [-0.25, -0.2) is 9.59 Å². The second-order valence-corrected chi connectivity index (χ2v) is 14.7. The summed E-state index contributed by atoms with van der Waals surface area (Å²) < 4.78 is 5.48. The number of alkyl carbamates (subject to hydrolysis) is 1. The highest BCUT2D eigenvalue weighted by atomic mass is 16.5. The number of hydrogen-bond donors (Lipinski definition) is 8. The Hall–Kier alpha value is -6.29. The smallest absolute Gasteiger partial charge is 0.407 e. The summed E-state index contributed by atoms with van der Waals surface area (Å²) in [4.78, 5) is 89.1. The number of carboxylic acids is 1. The van der Waals surface area contributed by atoms with Gasteiger partial charge in [-0.3, -0.25) is 24.0 Å². The van der Waals surface area contributed by atoms with Gasteiger partial charge in [0, 0.05) is 25.3 Å². The van der Waals surface area contributed by atoms with Crippen molar-refractivity contribution in [2.75, 3.05) is 32.8 Å². The van der Waals surface area contributed by atoms with Crippen LogP contribution in [0.25, 0.3) is 11.1 Å². The van der Waals surface area contributed by atoms with E-state index in [1.165, 1.54) is 0 Å². The van der Waals surface area contributed by atoms with Crippen molar-refractivity contribution < 1.29 is 43.4 Å². The molecule has 1 aliphatic rings. The summed E-state index contributed by atoms with van der Waals surface area (Å²) in [5.41, 5.74) is 10.6. The molecule has 0 saturated carbocycles. The van der Waals surface area contributed by atoms with Crippen molar-refractivity contribution in [2.45, 2.75) is 76.4 Å². The number of carboxylic acid groups (broad SMARTS) is 1. The second kappa shape index (κ2) is 23.2. The Labute approximate surface area is 343 Å². The molecule has 1 aliphatic carbocycles. The average Bonchev–Trinajstić information content (AvgIpc) is 3.54. The summed E-state index contributed by atoms with van der Waals surface area (Å²) in [7, 11) is 0. The molecule has 0 fully saturated rings. The zero-order valence-corrected chi connectivity index (χ0v) is 33.5. The largest absolute Gasteiger partial charge is 0.480 e. The van der Waals surface area contributed by atoms with Crippen molar-refractivity contribution in [3.8, 4) is 11.1 Å². The molecule has 6 amide bonds. The first-order chi connectivity index (χ1) is 28.4. The summed E-state index contributed by atoms with van der Waals surface area (Å²) in [6.07, 6.45) is 0.700. The van der Waals surface area contributed by atoms with E-state index in [4.69, 9.17) is 10.5 Å². The van der Waals surface area contributed by atoms with Gasteiger partial charge >= 0.3 is 12.1 Å². The molecule has 59 heavy (non-hydrogen) atoms. The van der Waals surface area contributed by atoms with E-state index in [2.05, 4.69) is 31.9 Å². The van der Waals surface area contributed by atoms with Gasteiger partial charge in [-0.1, -0.05) is 92.7 Å². The number of aliphatic carboxylic acids is 1. The molecule has 3 aromatic rings. The summed E-state index contributed by atoms with van der Waals surface area (Å²) in [6.45, 7) is 3.21. The number of nitrogens with two attached hydrogens (primary N) is 1. The van der Waals surface area contributed by atoms with Crippen LogP contribution >= 0.6 is 0 Å².